The third kappa shape index (κ3) is 4.13. The number of carbonyl (C=O) groups excluding carboxylic acids is 1. The van der Waals surface area contributed by atoms with Gasteiger partial charge in [-0.2, -0.15) is 0 Å². The molecule has 0 saturated carbocycles. The van der Waals surface area contributed by atoms with Gasteiger partial charge in [0.1, 0.15) is 6.10 Å². The number of carbonyl (C=O) groups is 1. The molecule has 0 aliphatic heterocycles. The third-order valence-electron chi connectivity index (χ3n) is 2.50. The van der Waals surface area contributed by atoms with Crippen molar-refractivity contribution in [2.24, 2.45) is 0 Å². The average molecular weight is 222 g/mol. The molecule has 0 aliphatic rings. The van der Waals surface area contributed by atoms with Gasteiger partial charge in [0, 0.05) is 12.2 Å². The predicted octanol–water partition coefficient (Wildman–Crippen LogP) is 1.78. The van der Waals surface area contributed by atoms with E-state index in [1.165, 1.54) is 0 Å². The van der Waals surface area contributed by atoms with Crippen LogP contribution in [0.5, 0.6) is 0 Å². The van der Waals surface area contributed by atoms with Gasteiger partial charge < -0.3 is 10.2 Å². The Hall–Kier alpha value is -1.19. The summed E-state index contributed by atoms with van der Waals surface area (Å²) in [7, 11) is 0. The molecule has 2 N–H and O–H groups in total. The van der Waals surface area contributed by atoms with Crippen LogP contribution < -0.4 is 0 Å². The highest BCUT2D eigenvalue weighted by atomic mass is 16.3. The molecule has 0 aliphatic carbocycles. The SMILES string of the molecule is O=C(c1ccccc1)C(O)CCCCCO. The van der Waals surface area contributed by atoms with Crippen LogP contribution in [0.3, 0.4) is 0 Å². The first-order valence-electron chi connectivity index (χ1n) is 5.64. The van der Waals surface area contributed by atoms with Crippen LogP contribution in [-0.2, 0) is 0 Å². The van der Waals surface area contributed by atoms with Gasteiger partial charge in [-0.05, 0) is 12.8 Å². The van der Waals surface area contributed by atoms with Crippen LogP contribution in [0, 0.1) is 0 Å². The van der Waals surface area contributed by atoms with Crippen molar-refractivity contribution >= 4 is 5.78 Å². The van der Waals surface area contributed by atoms with Crippen LogP contribution in [0.2, 0.25) is 0 Å². The maximum absolute atomic E-state index is 11.7. The fourth-order valence-electron chi connectivity index (χ4n) is 1.55. The van der Waals surface area contributed by atoms with Crippen LogP contribution in [-0.4, -0.2) is 28.7 Å². The van der Waals surface area contributed by atoms with Crippen molar-refractivity contribution in [3.8, 4) is 0 Å². The molecule has 1 unspecified atom stereocenters. The second-order valence-corrected chi connectivity index (χ2v) is 3.82. The largest absolute Gasteiger partial charge is 0.396 e. The zero-order chi connectivity index (χ0) is 11.8. The quantitative estimate of drug-likeness (QED) is 0.546. The first-order valence-corrected chi connectivity index (χ1v) is 5.64. The van der Waals surface area contributed by atoms with Gasteiger partial charge in [-0.3, -0.25) is 4.79 Å². The molecule has 0 aromatic heterocycles. The lowest BCUT2D eigenvalue weighted by atomic mass is 10.0. The topological polar surface area (TPSA) is 57.5 Å². The molecule has 88 valence electrons. The van der Waals surface area contributed by atoms with Crippen LogP contribution in [0.4, 0.5) is 0 Å². The summed E-state index contributed by atoms with van der Waals surface area (Å²) in [6.45, 7) is 0.169. The first-order chi connectivity index (χ1) is 7.75. The minimum absolute atomic E-state index is 0.169. The normalized spacial score (nSPS) is 12.4. The van der Waals surface area contributed by atoms with Crippen LogP contribution in [0.25, 0.3) is 0 Å². The molecule has 0 saturated heterocycles. The number of benzene rings is 1. The van der Waals surface area contributed by atoms with E-state index in [0.29, 0.717) is 12.0 Å². The zero-order valence-corrected chi connectivity index (χ0v) is 9.30. The number of Topliss-reactive ketones (excluding diaryl/α,β-unsaturated/α-hetero) is 1. The zero-order valence-electron chi connectivity index (χ0n) is 9.30. The Kier molecular flexibility index (Phi) is 5.75. The van der Waals surface area contributed by atoms with E-state index in [1.54, 1.807) is 24.3 Å². The number of hydrogen-bond donors (Lipinski definition) is 2. The fraction of sp³-hybridized carbons (Fsp3) is 0.462. The summed E-state index contributed by atoms with van der Waals surface area (Å²) in [5.74, 6) is -0.218. The average Bonchev–Trinajstić information content (AvgIpc) is 2.34. The minimum Gasteiger partial charge on any atom is -0.396 e. The van der Waals surface area contributed by atoms with Gasteiger partial charge in [0.15, 0.2) is 5.78 Å². The summed E-state index contributed by atoms with van der Waals surface area (Å²) in [6.07, 6.45) is 1.89. The van der Waals surface area contributed by atoms with Crippen molar-refractivity contribution in [1.82, 2.24) is 0 Å². The van der Waals surface area contributed by atoms with Crippen molar-refractivity contribution < 1.29 is 15.0 Å². The van der Waals surface area contributed by atoms with Gasteiger partial charge >= 0.3 is 0 Å². The molecule has 0 bridgehead atoms. The number of hydrogen-bond acceptors (Lipinski definition) is 3. The lowest BCUT2D eigenvalue weighted by molar-refractivity contribution is 0.0724. The molecule has 0 heterocycles. The number of rotatable bonds is 7. The molecule has 1 atom stereocenters. The van der Waals surface area contributed by atoms with Crippen LogP contribution in [0.15, 0.2) is 30.3 Å². The molecular formula is C13H18O3. The number of aliphatic hydroxyl groups is 2. The molecule has 0 spiro atoms. The lowest BCUT2D eigenvalue weighted by Crippen LogP contribution is -2.20. The van der Waals surface area contributed by atoms with Crippen LogP contribution in [0.1, 0.15) is 36.0 Å². The second kappa shape index (κ2) is 7.14. The number of unbranched alkanes of at least 4 members (excludes halogenated alkanes) is 2. The summed E-state index contributed by atoms with van der Waals surface area (Å²) >= 11 is 0. The van der Waals surface area contributed by atoms with Crippen molar-refractivity contribution in [3.63, 3.8) is 0 Å². The molecule has 3 heteroatoms. The van der Waals surface area contributed by atoms with Crippen molar-refractivity contribution in [2.75, 3.05) is 6.61 Å². The number of ketones is 1. The first kappa shape index (κ1) is 12.9. The Balaban J connectivity index is 2.37. The van der Waals surface area contributed by atoms with Crippen molar-refractivity contribution in [1.29, 1.82) is 0 Å². The second-order valence-electron chi connectivity index (χ2n) is 3.82. The van der Waals surface area contributed by atoms with Crippen molar-refractivity contribution in [3.05, 3.63) is 35.9 Å². The predicted molar refractivity (Wildman–Crippen MR) is 62.3 cm³/mol. The summed E-state index contributed by atoms with van der Waals surface area (Å²) < 4.78 is 0. The summed E-state index contributed by atoms with van der Waals surface area (Å²) in [5, 5.41) is 18.2. The summed E-state index contributed by atoms with van der Waals surface area (Å²) in [4.78, 5) is 11.7. The molecule has 0 amide bonds. The number of aliphatic hydroxyl groups excluding tert-OH is 2. The highest BCUT2D eigenvalue weighted by molar-refractivity contribution is 5.99. The summed E-state index contributed by atoms with van der Waals surface area (Å²) in [5.41, 5.74) is 0.553. The molecule has 1 rings (SSSR count). The minimum atomic E-state index is -0.916. The van der Waals surface area contributed by atoms with Gasteiger partial charge in [0.2, 0.25) is 0 Å². The summed E-state index contributed by atoms with van der Waals surface area (Å²) in [6, 6.07) is 8.82. The van der Waals surface area contributed by atoms with E-state index >= 15 is 0 Å². The van der Waals surface area contributed by atoms with Crippen molar-refractivity contribution in [2.45, 2.75) is 31.8 Å². The Bertz CT molecular complexity index is 308. The van der Waals surface area contributed by atoms with E-state index < -0.39 is 6.10 Å². The molecule has 0 radical (unpaired) electrons. The molecule has 1 aromatic rings. The van der Waals surface area contributed by atoms with E-state index in [9.17, 15) is 9.90 Å². The standard InChI is InChI=1S/C13H18O3/c14-10-6-2-5-9-12(15)13(16)11-7-3-1-4-8-11/h1,3-4,7-8,12,14-15H,2,5-6,9-10H2. The molecule has 3 nitrogen and oxygen atoms in total. The van der Waals surface area contributed by atoms with E-state index in [0.717, 1.165) is 19.3 Å². The molecule has 16 heavy (non-hydrogen) atoms. The fourth-order valence-corrected chi connectivity index (χ4v) is 1.55. The molecule has 0 fully saturated rings. The van der Waals surface area contributed by atoms with Crippen LogP contribution >= 0.6 is 0 Å². The maximum atomic E-state index is 11.7. The highest BCUT2D eigenvalue weighted by Crippen LogP contribution is 2.09. The Morgan fingerprint density at radius 3 is 2.44 bits per heavy atom. The van der Waals surface area contributed by atoms with E-state index in [1.807, 2.05) is 6.07 Å². The Labute approximate surface area is 95.7 Å². The molecule has 1 aromatic carbocycles. The van der Waals surface area contributed by atoms with Gasteiger partial charge in [-0.25, -0.2) is 0 Å². The Morgan fingerprint density at radius 2 is 1.81 bits per heavy atom. The third-order valence-corrected chi connectivity index (χ3v) is 2.50. The van der Waals surface area contributed by atoms with E-state index in [2.05, 4.69) is 0 Å². The monoisotopic (exact) mass is 222 g/mol. The van der Waals surface area contributed by atoms with Gasteiger partial charge in [0.25, 0.3) is 0 Å². The van der Waals surface area contributed by atoms with Gasteiger partial charge in [0.05, 0.1) is 0 Å². The highest BCUT2D eigenvalue weighted by Gasteiger charge is 2.15. The van der Waals surface area contributed by atoms with Gasteiger partial charge in [-0.1, -0.05) is 43.2 Å². The van der Waals surface area contributed by atoms with E-state index in [-0.39, 0.29) is 12.4 Å². The smallest absolute Gasteiger partial charge is 0.191 e. The van der Waals surface area contributed by atoms with Gasteiger partial charge in [-0.15, -0.1) is 0 Å². The molecular weight excluding hydrogens is 204 g/mol. The lowest BCUT2D eigenvalue weighted by Gasteiger charge is -2.08. The Morgan fingerprint density at radius 1 is 1.12 bits per heavy atom. The van der Waals surface area contributed by atoms with E-state index in [4.69, 9.17) is 5.11 Å². The maximum Gasteiger partial charge on any atom is 0.191 e.